The molecular formula is C13H12KNO7S3. The molecule has 0 saturated carbocycles. The van der Waals surface area contributed by atoms with E-state index in [1.54, 1.807) is 0 Å². The second-order valence-electron chi connectivity index (χ2n) is 5.35. The molecule has 0 bridgehead atoms. The van der Waals surface area contributed by atoms with E-state index < -0.39 is 44.8 Å². The summed E-state index contributed by atoms with van der Waals surface area (Å²) in [5.41, 5.74) is -0.447. The van der Waals surface area contributed by atoms with Crippen molar-refractivity contribution in [3.05, 3.63) is 22.2 Å². The Kier molecular flexibility index (Phi) is 6.50. The molecule has 1 amide bonds. The third-order valence-electron chi connectivity index (χ3n) is 3.59. The molecule has 130 valence electrons. The smallest absolute Gasteiger partial charge is 0.543 e. The van der Waals surface area contributed by atoms with Crippen LogP contribution in [-0.2, 0) is 19.4 Å². The van der Waals surface area contributed by atoms with Gasteiger partial charge in [-0.25, -0.2) is 8.42 Å². The number of carbonyl (C=O) groups is 2. The number of carbonyl (C=O) groups excluding carboxylic acids is 2. The normalized spacial score (nSPS) is 23.6. The number of thioether (sulfide) groups is 1. The van der Waals surface area contributed by atoms with E-state index in [0.29, 0.717) is 0 Å². The summed E-state index contributed by atoms with van der Waals surface area (Å²) in [7, 11) is -3.54. The minimum Gasteiger partial charge on any atom is -0.543 e. The van der Waals surface area contributed by atoms with Crippen LogP contribution in [0, 0.1) is 5.92 Å². The molecule has 12 heteroatoms. The number of nitrogens with zero attached hydrogens (tertiary/aromatic N) is 1. The maximum atomic E-state index is 12.1. The van der Waals surface area contributed by atoms with Crippen LogP contribution in [0.1, 0.15) is 6.92 Å². The largest absolute Gasteiger partial charge is 1.00 e. The van der Waals surface area contributed by atoms with Gasteiger partial charge in [-0.3, -0.25) is 9.69 Å². The number of rotatable bonds is 5. The van der Waals surface area contributed by atoms with Gasteiger partial charge < -0.3 is 19.7 Å². The maximum absolute atomic E-state index is 12.1. The van der Waals surface area contributed by atoms with Gasteiger partial charge >= 0.3 is 51.4 Å². The summed E-state index contributed by atoms with van der Waals surface area (Å²) in [6.07, 6.45) is 0.0724. The molecule has 3 rings (SSSR count). The van der Waals surface area contributed by atoms with Gasteiger partial charge in [0, 0.05) is 6.26 Å². The van der Waals surface area contributed by atoms with Crippen molar-refractivity contribution in [2.75, 3.05) is 6.26 Å². The Morgan fingerprint density at radius 3 is 2.64 bits per heavy atom. The summed E-state index contributed by atoms with van der Waals surface area (Å²) in [5, 5.41) is 21.8. The van der Waals surface area contributed by atoms with E-state index in [9.17, 15) is 28.2 Å². The molecule has 25 heavy (non-hydrogen) atoms. The number of aliphatic hydroxyl groups is 1. The molecule has 2 aliphatic rings. The Labute approximate surface area is 194 Å². The number of sulfone groups is 1. The Bertz CT molecular complexity index is 861. The Hall–Kier alpha value is 0.0764. The third kappa shape index (κ3) is 3.73. The number of hydrogen-bond acceptors (Lipinski definition) is 9. The van der Waals surface area contributed by atoms with E-state index in [2.05, 4.69) is 0 Å². The summed E-state index contributed by atoms with van der Waals surface area (Å²) in [4.78, 5) is 24.5. The zero-order valence-corrected chi connectivity index (χ0v) is 19.0. The monoisotopic (exact) mass is 429 g/mol. The van der Waals surface area contributed by atoms with Gasteiger partial charge in [-0.1, -0.05) is 11.8 Å². The Morgan fingerprint density at radius 2 is 2.12 bits per heavy atom. The van der Waals surface area contributed by atoms with Gasteiger partial charge in [0.05, 0.1) is 18.0 Å². The fraction of sp³-hybridized carbons (Fsp3) is 0.385. The zero-order valence-electron chi connectivity index (χ0n) is 13.5. The van der Waals surface area contributed by atoms with Crippen LogP contribution in [0.5, 0.6) is 5.75 Å². The van der Waals surface area contributed by atoms with Crippen LogP contribution in [0.2, 0.25) is 0 Å². The molecular weight excluding hydrogens is 417 g/mol. The second-order valence-corrected chi connectivity index (χ2v) is 9.57. The predicted molar refractivity (Wildman–Crippen MR) is 83.5 cm³/mol. The number of thiophene rings is 1. The average Bonchev–Trinajstić information content (AvgIpc) is 3.01. The Morgan fingerprint density at radius 1 is 1.48 bits per heavy atom. The first-order valence-corrected chi connectivity index (χ1v) is 10.4. The molecule has 0 aliphatic carbocycles. The van der Waals surface area contributed by atoms with Gasteiger partial charge in [0.1, 0.15) is 11.1 Å². The van der Waals surface area contributed by atoms with E-state index in [0.717, 1.165) is 34.3 Å². The van der Waals surface area contributed by atoms with Crippen molar-refractivity contribution in [2.24, 2.45) is 5.92 Å². The van der Waals surface area contributed by atoms with E-state index in [1.807, 2.05) is 0 Å². The number of hydrogen-bond donors (Lipinski definition) is 1. The molecule has 1 N–H and O–H groups in total. The van der Waals surface area contributed by atoms with Crippen LogP contribution < -0.4 is 61.2 Å². The number of amides is 1. The van der Waals surface area contributed by atoms with Gasteiger partial charge in [-0.2, -0.15) is 0 Å². The summed E-state index contributed by atoms with van der Waals surface area (Å²) in [6, 6.07) is 1.41. The van der Waals surface area contributed by atoms with Crippen LogP contribution in [-0.4, -0.2) is 48.0 Å². The van der Waals surface area contributed by atoms with E-state index in [4.69, 9.17) is 4.74 Å². The number of aliphatic hydroxyl groups excluding tert-OH is 1. The maximum Gasteiger partial charge on any atom is 1.00 e. The molecule has 1 fully saturated rings. The average molecular weight is 430 g/mol. The molecule has 0 spiro atoms. The zero-order chi connectivity index (χ0) is 17.8. The van der Waals surface area contributed by atoms with Crippen molar-refractivity contribution in [3.8, 4) is 5.75 Å². The molecule has 0 unspecified atom stereocenters. The van der Waals surface area contributed by atoms with E-state index >= 15 is 0 Å². The van der Waals surface area contributed by atoms with Crippen LogP contribution >= 0.6 is 23.1 Å². The fourth-order valence-corrected chi connectivity index (χ4v) is 5.88. The quantitative estimate of drug-likeness (QED) is 0.376. The third-order valence-corrected chi connectivity index (χ3v) is 7.59. The van der Waals surface area contributed by atoms with Gasteiger partial charge in [0.15, 0.2) is 24.9 Å². The molecule has 3 atom stereocenters. The first-order chi connectivity index (χ1) is 11.1. The van der Waals surface area contributed by atoms with Crippen molar-refractivity contribution in [2.45, 2.75) is 22.6 Å². The molecule has 0 aromatic carbocycles. The number of fused-ring (bicyclic) bond motifs is 1. The van der Waals surface area contributed by atoms with Crippen molar-refractivity contribution >= 4 is 44.8 Å². The second kappa shape index (κ2) is 7.60. The molecule has 3 heterocycles. The van der Waals surface area contributed by atoms with Gasteiger partial charge in [-0.15, -0.1) is 11.3 Å². The molecule has 2 aliphatic heterocycles. The van der Waals surface area contributed by atoms with Crippen LogP contribution in [0.4, 0.5) is 0 Å². The van der Waals surface area contributed by atoms with Crippen LogP contribution in [0.3, 0.4) is 0 Å². The summed E-state index contributed by atoms with van der Waals surface area (Å²) >= 11 is 1.89. The number of aliphatic carboxylic acids is 1. The molecule has 8 nitrogen and oxygen atoms in total. The van der Waals surface area contributed by atoms with Crippen molar-refractivity contribution in [1.82, 2.24) is 4.90 Å². The van der Waals surface area contributed by atoms with Crippen molar-refractivity contribution < 1.29 is 84.3 Å². The molecule has 1 aromatic heterocycles. The van der Waals surface area contributed by atoms with Gasteiger partial charge in [-0.05, 0) is 18.4 Å². The molecule has 1 saturated heterocycles. The van der Waals surface area contributed by atoms with E-state index in [1.165, 1.54) is 18.4 Å². The van der Waals surface area contributed by atoms with Crippen LogP contribution in [0.15, 0.2) is 26.4 Å². The standard InChI is InChI=1S/C13H13NO7S3.K/c1-5(15)7-9(16)14-8(11(17)18)12(23-10(7)14)21-6-3-4-22-13(6)24(2,19)20;/h3-5,7,10,15H,1-2H3,(H,17,18);/q;+1/p-1/t5-,7+,10-;/m1./s1. The molecule has 1 aromatic rings. The fourth-order valence-electron chi connectivity index (χ4n) is 2.54. The summed E-state index contributed by atoms with van der Waals surface area (Å²) < 4.78 is 28.9. The number of ether oxygens (including phenoxy) is 1. The van der Waals surface area contributed by atoms with E-state index in [-0.39, 0.29) is 66.4 Å². The topological polar surface area (TPSA) is 124 Å². The van der Waals surface area contributed by atoms with Crippen molar-refractivity contribution in [3.63, 3.8) is 0 Å². The van der Waals surface area contributed by atoms with Gasteiger partial charge in [0.25, 0.3) is 0 Å². The number of carboxylic acid groups (broad SMARTS) is 1. The molecule has 0 radical (unpaired) electrons. The van der Waals surface area contributed by atoms with Crippen LogP contribution in [0.25, 0.3) is 0 Å². The van der Waals surface area contributed by atoms with Crippen molar-refractivity contribution in [1.29, 1.82) is 0 Å². The first-order valence-electron chi connectivity index (χ1n) is 6.71. The summed E-state index contributed by atoms with van der Waals surface area (Å²) in [5.74, 6) is -2.89. The number of β-lactam (4-membered cyclic amide) rings is 1. The predicted octanol–water partition coefficient (Wildman–Crippen LogP) is -3.63. The minimum atomic E-state index is -3.54. The Balaban J connectivity index is 0.00000225. The van der Waals surface area contributed by atoms with Gasteiger partial charge in [0.2, 0.25) is 5.91 Å². The summed E-state index contributed by atoms with van der Waals surface area (Å²) in [6.45, 7) is 1.44. The SMILES string of the molecule is C[C@@H](O)[C@H]1C(=O)N2C(C(=O)[O-])=C(Oc3ccsc3S(C)(=O)=O)S[C@H]12.[K+]. The first kappa shape index (κ1) is 21.4. The number of carboxylic acids is 1. The minimum absolute atomic E-state index is 0.